The quantitative estimate of drug-likeness (QED) is 0.656. The topological polar surface area (TPSA) is 74.7 Å². The van der Waals surface area contributed by atoms with Crippen LogP contribution in [0.5, 0.6) is 0 Å². The van der Waals surface area contributed by atoms with Crippen LogP contribution in [0.3, 0.4) is 0 Å². The summed E-state index contributed by atoms with van der Waals surface area (Å²) in [6.07, 6.45) is 0. The molecule has 152 valence electrons. The van der Waals surface area contributed by atoms with Gasteiger partial charge in [-0.2, -0.15) is 0 Å². The Morgan fingerprint density at radius 1 is 0.839 bits per heavy atom. The summed E-state index contributed by atoms with van der Waals surface area (Å²) >= 11 is 0. The number of carbonyl (C=O) groups excluding carboxylic acids is 2. The lowest BCUT2D eigenvalue weighted by atomic mass is 9.47. The number of amides is 2. The number of anilines is 1. The van der Waals surface area contributed by atoms with Gasteiger partial charge in [-0.25, -0.2) is 4.90 Å². The van der Waals surface area contributed by atoms with Crippen molar-refractivity contribution in [3.05, 3.63) is 101 Å². The number of aryl methyl sites for hydroxylation is 1. The zero-order chi connectivity index (χ0) is 21.5. The summed E-state index contributed by atoms with van der Waals surface area (Å²) in [5.41, 5.74) is 2.65. The van der Waals surface area contributed by atoms with Crippen LogP contribution in [0.2, 0.25) is 0 Å². The molecule has 2 atom stereocenters. The third-order valence-corrected chi connectivity index (χ3v) is 7.31. The Hall–Kier alpha value is -3.73. The number of aliphatic carboxylic acids is 1. The highest BCUT2D eigenvalue weighted by Gasteiger charge is 2.71. The highest BCUT2D eigenvalue weighted by molar-refractivity contribution is 6.25. The molecular weight excluding hydrogens is 390 g/mol. The van der Waals surface area contributed by atoms with Crippen LogP contribution in [-0.4, -0.2) is 22.9 Å². The molecule has 0 spiro atoms. The van der Waals surface area contributed by atoms with Crippen LogP contribution >= 0.6 is 0 Å². The van der Waals surface area contributed by atoms with Crippen molar-refractivity contribution >= 4 is 23.5 Å². The normalized spacial score (nSPS) is 27.6. The van der Waals surface area contributed by atoms with Crippen LogP contribution in [0.4, 0.5) is 5.69 Å². The average Bonchev–Trinajstić information content (AvgIpc) is 3.05. The molecule has 0 aromatic heterocycles. The number of carboxylic acids is 1. The van der Waals surface area contributed by atoms with Crippen molar-refractivity contribution in [2.45, 2.75) is 18.3 Å². The van der Waals surface area contributed by atoms with E-state index in [1.807, 2.05) is 55.5 Å². The standard InChI is InChI=1S/C26H19NO4/c1-14-8-2-7-13-19(14)27-23(28)21-20-15-9-3-5-11-17(15)26(25(30)31,22(21)24(27)29)18-12-6-4-10-16(18)20/h2-13,20-22H,1H3,(H,30,31)/t20?,21-,22-,26?/m1/s1. The van der Waals surface area contributed by atoms with E-state index in [4.69, 9.17) is 0 Å². The van der Waals surface area contributed by atoms with Gasteiger partial charge in [0, 0.05) is 5.92 Å². The first-order chi connectivity index (χ1) is 15.0. The van der Waals surface area contributed by atoms with Crippen molar-refractivity contribution in [2.75, 3.05) is 4.90 Å². The molecular formula is C26H19NO4. The predicted octanol–water partition coefficient (Wildman–Crippen LogP) is 3.63. The van der Waals surface area contributed by atoms with Crippen LogP contribution < -0.4 is 4.90 Å². The minimum atomic E-state index is -1.59. The minimum Gasteiger partial charge on any atom is -0.480 e. The summed E-state index contributed by atoms with van der Waals surface area (Å²) in [5.74, 6) is -3.90. The van der Waals surface area contributed by atoms with E-state index < -0.39 is 29.1 Å². The van der Waals surface area contributed by atoms with Gasteiger partial charge >= 0.3 is 5.97 Å². The number of nitrogens with zero attached hydrogens (tertiary/aromatic N) is 1. The molecule has 2 amide bonds. The molecule has 0 saturated carbocycles. The molecule has 1 fully saturated rings. The third-order valence-electron chi connectivity index (χ3n) is 7.31. The van der Waals surface area contributed by atoms with Gasteiger partial charge in [-0.1, -0.05) is 66.7 Å². The second-order valence-corrected chi connectivity index (χ2v) is 8.57. The zero-order valence-corrected chi connectivity index (χ0v) is 16.8. The number of imide groups is 1. The van der Waals surface area contributed by atoms with Crippen LogP contribution in [-0.2, 0) is 19.8 Å². The van der Waals surface area contributed by atoms with E-state index in [1.165, 1.54) is 4.90 Å². The lowest BCUT2D eigenvalue weighted by Gasteiger charge is -2.51. The van der Waals surface area contributed by atoms with Gasteiger partial charge in [-0.3, -0.25) is 14.4 Å². The largest absolute Gasteiger partial charge is 0.480 e. The Morgan fingerprint density at radius 3 is 1.97 bits per heavy atom. The molecule has 0 unspecified atom stereocenters. The van der Waals surface area contributed by atoms with Gasteiger partial charge in [0.2, 0.25) is 11.8 Å². The van der Waals surface area contributed by atoms with Gasteiger partial charge in [0.15, 0.2) is 0 Å². The number of carboxylic acid groups (broad SMARTS) is 1. The second-order valence-electron chi connectivity index (χ2n) is 8.57. The number of rotatable bonds is 2. The molecule has 3 aliphatic carbocycles. The van der Waals surface area contributed by atoms with Crippen LogP contribution in [0.15, 0.2) is 72.8 Å². The molecule has 1 N–H and O–H groups in total. The van der Waals surface area contributed by atoms with E-state index >= 15 is 0 Å². The molecule has 0 radical (unpaired) electrons. The maximum absolute atomic E-state index is 13.9. The number of para-hydroxylation sites is 1. The Morgan fingerprint density at radius 2 is 1.39 bits per heavy atom. The number of benzene rings is 3. The van der Waals surface area contributed by atoms with Gasteiger partial charge in [0.05, 0.1) is 17.5 Å². The fourth-order valence-corrected chi connectivity index (χ4v) is 6.19. The maximum atomic E-state index is 13.9. The van der Waals surface area contributed by atoms with E-state index in [-0.39, 0.29) is 11.8 Å². The molecule has 3 aromatic carbocycles. The molecule has 3 aromatic rings. The average molecular weight is 409 g/mol. The summed E-state index contributed by atoms with van der Waals surface area (Å²) in [6.45, 7) is 1.85. The van der Waals surface area contributed by atoms with E-state index in [0.29, 0.717) is 16.8 Å². The molecule has 31 heavy (non-hydrogen) atoms. The number of carbonyl (C=O) groups is 3. The number of hydrogen-bond acceptors (Lipinski definition) is 3. The van der Waals surface area contributed by atoms with Crippen LogP contribution in [0, 0.1) is 18.8 Å². The Bertz CT molecular complexity index is 1260. The summed E-state index contributed by atoms with van der Waals surface area (Å²) < 4.78 is 0. The summed E-state index contributed by atoms with van der Waals surface area (Å²) in [5, 5.41) is 10.7. The summed E-state index contributed by atoms with van der Waals surface area (Å²) in [7, 11) is 0. The fraction of sp³-hybridized carbons (Fsp3) is 0.192. The van der Waals surface area contributed by atoms with Crippen molar-refractivity contribution in [3.63, 3.8) is 0 Å². The van der Waals surface area contributed by atoms with Gasteiger partial charge in [0.1, 0.15) is 5.41 Å². The summed E-state index contributed by atoms with van der Waals surface area (Å²) in [4.78, 5) is 42.0. The molecule has 1 saturated heterocycles. The second kappa shape index (κ2) is 5.91. The smallest absolute Gasteiger partial charge is 0.319 e. The summed E-state index contributed by atoms with van der Waals surface area (Å²) in [6, 6.07) is 22.0. The van der Waals surface area contributed by atoms with Gasteiger partial charge < -0.3 is 5.11 Å². The van der Waals surface area contributed by atoms with E-state index in [9.17, 15) is 19.5 Å². The van der Waals surface area contributed by atoms with Gasteiger partial charge in [-0.05, 0) is 40.8 Å². The van der Waals surface area contributed by atoms with Gasteiger partial charge in [0.25, 0.3) is 0 Å². The molecule has 5 nitrogen and oxygen atoms in total. The molecule has 7 rings (SSSR count). The van der Waals surface area contributed by atoms with Crippen LogP contribution in [0.1, 0.15) is 33.7 Å². The Kier molecular flexibility index (Phi) is 3.45. The van der Waals surface area contributed by atoms with Crippen molar-refractivity contribution in [1.29, 1.82) is 0 Å². The number of hydrogen-bond donors (Lipinski definition) is 1. The first kappa shape index (κ1) is 18.1. The molecule has 1 aliphatic heterocycles. The first-order valence-electron chi connectivity index (χ1n) is 10.3. The van der Waals surface area contributed by atoms with Crippen molar-refractivity contribution in [3.8, 4) is 0 Å². The highest BCUT2D eigenvalue weighted by atomic mass is 16.4. The van der Waals surface area contributed by atoms with Gasteiger partial charge in [-0.15, -0.1) is 0 Å². The Labute approximate surface area is 178 Å². The lowest BCUT2D eigenvalue weighted by Crippen LogP contribution is -2.57. The zero-order valence-electron chi connectivity index (χ0n) is 16.8. The van der Waals surface area contributed by atoms with Crippen molar-refractivity contribution in [1.82, 2.24) is 0 Å². The maximum Gasteiger partial charge on any atom is 0.319 e. The van der Waals surface area contributed by atoms with E-state index in [2.05, 4.69) is 0 Å². The molecule has 4 aliphatic rings. The molecule has 5 heteroatoms. The minimum absolute atomic E-state index is 0.316. The monoisotopic (exact) mass is 409 g/mol. The molecule has 2 bridgehead atoms. The lowest BCUT2D eigenvalue weighted by molar-refractivity contribution is -0.149. The Balaban J connectivity index is 1.69. The first-order valence-corrected chi connectivity index (χ1v) is 10.3. The fourth-order valence-electron chi connectivity index (χ4n) is 6.19. The van der Waals surface area contributed by atoms with Crippen molar-refractivity contribution in [2.24, 2.45) is 11.8 Å². The highest BCUT2D eigenvalue weighted by Crippen LogP contribution is 2.64. The third kappa shape index (κ3) is 1.94. The molecule has 1 heterocycles. The van der Waals surface area contributed by atoms with Crippen LogP contribution in [0.25, 0.3) is 0 Å². The van der Waals surface area contributed by atoms with E-state index in [1.54, 1.807) is 24.3 Å². The predicted molar refractivity (Wildman–Crippen MR) is 114 cm³/mol. The SMILES string of the molecule is Cc1ccccc1N1C(=O)[C@@H]2C3c4ccccc4C(C(=O)O)(c4ccccc43)[C@H]2C1=O. The van der Waals surface area contributed by atoms with E-state index in [0.717, 1.165) is 16.7 Å². The van der Waals surface area contributed by atoms with Crippen molar-refractivity contribution < 1.29 is 19.5 Å².